The van der Waals surface area contributed by atoms with Gasteiger partial charge in [-0.05, 0) is 44.5 Å². The lowest BCUT2D eigenvalue weighted by molar-refractivity contribution is -0.140. The molecule has 0 radical (unpaired) electrons. The lowest BCUT2D eigenvalue weighted by Crippen LogP contribution is -2.40. The molecule has 0 aliphatic rings. The summed E-state index contributed by atoms with van der Waals surface area (Å²) in [5.74, 6) is -0.146. The van der Waals surface area contributed by atoms with Crippen molar-refractivity contribution in [1.29, 1.82) is 0 Å². The molecule has 0 aromatic heterocycles. The number of benzene rings is 1. The first kappa shape index (κ1) is 15.7. The highest BCUT2D eigenvalue weighted by molar-refractivity contribution is 5.68. The summed E-state index contributed by atoms with van der Waals surface area (Å²) in [6, 6.07) is 8.33. The maximum absolute atomic E-state index is 11.1. The highest BCUT2D eigenvalue weighted by atomic mass is 16.4. The van der Waals surface area contributed by atoms with Crippen molar-refractivity contribution < 1.29 is 9.90 Å². The van der Waals surface area contributed by atoms with Crippen LogP contribution in [0.3, 0.4) is 0 Å². The quantitative estimate of drug-likeness (QED) is 0.857. The third-order valence-electron chi connectivity index (χ3n) is 3.70. The van der Waals surface area contributed by atoms with Gasteiger partial charge in [0.25, 0.3) is 0 Å². The number of carboxylic acid groups (broad SMARTS) is 1. The van der Waals surface area contributed by atoms with E-state index in [-0.39, 0.29) is 6.42 Å². The Labute approximate surface area is 116 Å². The van der Waals surface area contributed by atoms with Gasteiger partial charge < -0.3 is 5.11 Å². The van der Waals surface area contributed by atoms with Crippen molar-refractivity contribution in [3.05, 3.63) is 35.4 Å². The molecular weight excluding hydrogens is 238 g/mol. The second-order valence-electron chi connectivity index (χ2n) is 6.03. The van der Waals surface area contributed by atoms with E-state index in [2.05, 4.69) is 38.1 Å². The largest absolute Gasteiger partial charge is 0.481 e. The Morgan fingerprint density at radius 1 is 1.26 bits per heavy atom. The minimum Gasteiger partial charge on any atom is -0.481 e. The molecule has 0 aliphatic carbocycles. The summed E-state index contributed by atoms with van der Waals surface area (Å²) < 4.78 is 0. The Morgan fingerprint density at radius 3 is 2.16 bits per heavy atom. The maximum atomic E-state index is 11.1. The predicted molar refractivity (Wildman–Crippen MR) is 78.3 cm³/mol. The number of hydrogen-bond donors (Lipinski definition) is 1. The SMILES string of the molecule is CC(C)Cc1ccc(C(C)(CC(=O)O)N(C)C)cc1. The Kier molecular flexibility index (Phi) is 5.12. The molecular formula is C16H25NO2. The molecule has 0 saturated heterocycles. The molecule has 0 aliphatic heterocycles. The van der Waals surface area contributed by atoms with Gasteiger partial charge in [-0.1, -0.05) is 38.1 Å². The van der Waals surface area contributed by atoms with Crippen molar-refractivity contribution >= 4 is 5.97 Å². The van der Waals surface area contributed by atoms with Gasteiger partial charge >= 0.3 is 5.97 Å². The highest BCUT2D eigenvalue weighted by Gasteiger charge is 2.31. The van der Waals surface area contributed by atoms with Crippen molar-refractivity contribution in [2.75, 3.05) is 14.1 Å². The van der Waals surface area contributed by atoms with Gasteiger partial charge in [-0.25, -0.2) is 0 Å². The number of carbonyl (C=O) groups is 1. The Hall–Kier alpha value is -1.35. The fourth-order valence-electron chi connectivity index (χ4n) is 2.28. The summed E-state index contributed by atoms with van der Waals surface area (Å²) in [6.07, 6.45) is 1.15. The standard InChI is InChI=1S/C16H25NO2/c1-12(2)10-13-6-8-14(9-7-13)16(3,17(4)5)11-15(18)19/h6-9,12H,10-11H2,1-5H3,(H,18,19). The summed E-state index contributed by atoms with van der Waals surface area (Å²) in [4.78, 5) is 13.0. The van der Waals surface area contributed by atoms with Crippen molar-refractivity contribution in [2.24, 2.45) is 5.92 Å². The molecule has 0 heterocycles. The van der Waals surface area contributed by atoms with E-state index >= 15 is 0 Å². The van der Waals surface area contributed by atoms with Crippen LogP contribution in [0.5, 0.6) is 0 Å². The second-order valence-corrected chi connectivity index (χ2v) is 6.03. The van der Waals surface area contributed by atoms with E-state index in [1.54, 1.807) is 0 Å². The zero-order valence-electron chi connectivity index (χ0n) is 12.6. The van der Waals surface area contributed by atoms with Gasteiger partial charge in [-0.3, -0.25) is 9.69 Å². The van der Waals surface area contributed by atoms with Crippen LogP contribution >= 0.6 is 0 Å². The van der Waals surface area contributed by atoms with Crippen LogP contribution in [-0.4, -0.2) is 30.1 Å². The summed E-state index contributed by atoms with van der Waals surface area (Å²) in [7, 11) is 3.84. The molecule has 0 fully saturated rings. The zero-order valence-corrected chi connectivity index (χ0v) is 12.6. The van der Waals surface area contributed by atoms with E-state index in [0.29, 0.717) is 5.92 Å². The maximum Gasteiger partial charge on any atom is 0.305 e. The normalized spacial score (nSPS) is 14.7. The van der Waals surface area contributed by atoms with E-state index in [9.17, 15) is 4.79 Å². The van der Waals surface area contributed by atoms with Crippen molar-refractivity contribution in [3.63, 3.8) is 0 Å². The molecule has 19 heavy (non-hydrogen) atoms. The van der Waals surface area contributed by atoms with E-state index < -0.39 is 11.5 Å². The Morgan fingerprint density at radius 2 is 1.79 bits per heavy atom. The molecule has 1 aromatic carbocycles. The Bertz CT molecular complexity index is 423. The first-order valence-corrected chi connectivity index (χ1v) is 6.74. The van der Waals surface area contributed by atoms with Crippen LogP contribution in [0, 0.1) is 5.92 Å². The molecule has 0 saturated carbocycles. The van der Waals surface area contributed by atoms with Gasteiger partial charge in [-0.15, -0.1) is 0 Å². The van der Waals surface area contributed by atoms with Crippen LogP contribution in [0.1, 0.15) is 38.3 Å². The second kappa shape index (κ2) is 6.20. The van der Waals surface area contributed by atoms with Crippen molar-refractivity contribution in [3.8, 4) is 0 Å². The highest BCUT2D eigenvalue weighted by Crippen LogP contribution is 2.30. The molecule has 0 spiro atoms. The molecule has 106 valence electrons. The van der Waals surface area contributed by atoms with E-state index in [4.69, 9.17) is 5.11 Å². The molecule has 3 nitrogen and oxygen atoms in total. The third kappa shape index (κ3) is 4.06. The number of aliphatic carboxylic acids is 1. The molecule has 3 heteroatoms. The number of rotatable bonds is 6. The van der Waals surface area contributed by atoms with Crippen LogP contribution in [-0.2, 0) is 16.8 Å². The molecule has 1 N–H and O–H groups in total. The number of nitrogens with zero attached hydrogens (tertiary/aromatic N) is 1. The smallest absolute Gasteiger partial charge is 0.305 e. The van der Waals surface area contributed by atoms with Gasteiger partial charge in [0.15, 0.2) is 0 Å². The van der Waals surface area contributed by atoms with Gasteiger partial charge in [0.05, 0.1) is 12.0 Å². The summed E-state index contributed by atoms with van der Waals surface area (Å²) in [6.45, 7) is 6.36. The van der Waals surface area contributed by atoms with Crippen LogP contribution in [0.15, 0.2) is 24.3 Å². The van der Waals surface area contributed by atoms with Crippen molar-refractivity contribution in [1.82, 2.24) is 4.90 Å². The topological polar surface area (TPSA) is 40.5 Å². The zero-order chi connectivity index (χ0) is 14.6. The van der Waals surface area contributed by atoms with E-state index in [0.717, 1.165) is 12.0 Å². The first-order valence-electron chi connectivity index (χ1n) is 6.74. The molecule has 1 unspecified atom stereocenters. The fraction of sp³-hybridized carbons (Fsp3) is 0.562. The van der Waals surface area contributed by atoms with E-state index in [1.165, 1.54) is 5.56 Å². The molecule has 1 rings (SSSR count). The monoisotopic (exact) mass is 263 g/mol. The van der Waals surface area contributed by atoms with Gasteiger partial charge in [0.1, 0.15) is 0 Å². The lowest BCUT2D eigenvalue weighted by Gasteiger charge is -2.36. The van der Waals surface area contributed by atoms with E-state index in [1.807, 2.05) is 25.9 Å². The van der Waals surface area contributed by atoms with Crippen LogP contribution in [0.4, 0.5) is 0 Å². The predicted octanol–water partition coefficient (Wildman–Crippen LogP) is 3.14. The van der Waals surface area contributed by atoms with Gasteiger partial charge in [-0.2, -0.15) is 0 Å². The summed E-state index contributed by atoms with van der Waals surface area (Å²) >= 11 is 0. The number of hydrogen-bond acceptors (Lipinski definition) is 2. The van der Waals surface area contributed by atoms with Crippen LogP contribution in [0.25, 0.3) is 0 Å². The summed E-state index contributed by atoms with van der Waals surface area (Å²) in [5.41, 5.74) is 1.88. The minimum absolute atomic E-state index is 0.101. The first-order chi connectivity index (χ1) is 8.75. The molecule has 1 atom stereocenters. The Balaban J connectivity index is 3.01. The van der Waals surface area contributed by atoms with Crippen LogP contribution < -0.4 is 0 Å². The van der Waals surface area contributed by atoms with Crippen molar-refractivity contribution in [2.45, 2.75) is 39.2 Å². The summed E-state index contributed by atoms with van der Waals surface area (Å²) in [5, 5.41) is 9.11. The van der Waals surface area contributed by atoms with Gasteiger partial charge in [0, 0.05) is 0 Å². The molecule has 0 bridgehead atoms. The van der Waals surface area contributed by atoms with Gasteiger partial charge in [0.2, 0.25) is 0 Å². The average molecular weight is 263 g/mol. The molecule has 1 aromatic rings. The number of carboxylic acids is 1. The molecule has 0 amide bonds. The minimum atomic E-state index is -0.776. The fourth-order valence-corrected chi connectivity index (χ4v) is 2.28. The van der Waals surface area contributed by atoms with Crippen LogP contribution in [0.2, 0.25) is 0 Å². The average Bonchev–Trinajstić information content (AvgIpc) is 2.27. The third-order valence-corrected chi connectivity index (χ3v) is 3.70. The lowest BCUT2D eigenvalue weighted by atomic mass is 9.86.